The van der Waals surface area contributed by atoms with Gasteiger partial charge in [-0.1, -0.05) is 34.1 Å². The van der Waals surface area contributed by atoms with Crippen molar-refractivity contribution in [1.82, 2.24) is 0 Å². The van der Waals surface area contributed by atoms with Gasteiger partial charge in [0, 0.05) is 29.0 Å². The van der Waals surface area contributed by atoms with Crippen LogP contribution < -0.4 is 4.74 Å². The van der Waals surface area contributed by atoms with Crippen LogP contribution in [-0.4, -0.2) is 28.4 Å². The Hall–Kier alpha value is -2.08. The van der Waals surface area contributed by atoms with E-state index in [1.165, 1.54) is 6.20 Å². The second-order valence-corrected chi connectivity index (χ2v) is 5.13. The third-order valence-electron chi connectivity index (χ3n) is 2.96. The molecule has 0 heterocycles. The van der Waals surface area contributed by atoms with Gasteiger partial charge in [-0.15, -0.1) is 0 Å². The van der Waals surface area contributed by atoms with Crippen molar-refractivity contribution in [2.24, 2.45) is 10.3 Å². The Bertz CT molecular complexity index is 660. The Morgan fingerprint density at radius 1 is 1.52 bits per heavy atom. The quantitative estimate of drug-likeness (QED) is 0.137. The Labute approximate surface area is 149 Å². The fraction of sp³-hybridized carbons (Fsp3) is 0.312. The molecule has 1 rings (SSSR count). The first kappa shape index (κ1) is 19.0. The molecule has 1 aromatic rings. The van der Waals surface area contributed by atoms with E-state index in [1.807, 2.05) is 46.9 Å². The van der Waals surface area contributed by atoms with E-state index in [0.717, 1.165) is 11.3 Å². The van der Waals surface area contributed by atoms with Crippen LogP contribution in [0.15, 0.2) is 46.8 Å². The zero-order valence-corrected chi connectivity index (χ0v) is 15.1. The number of para-hydroxylation sites is 1. The molecule has 0 spiro atoms. The van der Waals surface area contributed by atoms with Gasteiger partial charge in [0.2, 0.25) is 6.20 Å². The SMILES string of the molecule is C/C(=N\O)C(C)N=[N+]([O-])/C=C/Cc1ccccc1OCC#CI. The number of azo groups is 1. The van der Waals surface area contributed by atoms with Gasteiger partial charge in [-0.2, -0.15) is 0 Å². The number of hydrogen-bond donors (Lipinski definition) is 1. The summed E-state index contributed by atoms with van der Waals surface area (Å²) in [4.78, 5) is 0.463. The van der Waals surface area contributed by atoms with E-state index >= 15 is 0 Å². The smallest absolute Gasteiger partial charge is 0.205 e. The molecule has 122 valence electrons. The minimum atomic E-state index is -0.482. The largest absolute Gasteiger partial charge is 0.595 e. The Morgan fingerprint density at radius 2 is 2.26 bits per heavy atom. The molecule has 23 heavy (non-hydrogen) atoms. The Balaban J connectivity index is 2.70. The molecule has 0 aliphatic rings. The lowest BCUT2D eigenvalue weighted by Gasteiger charge is -2.07. The van der Waals surface area contributed by atoms with Gasteiger partial charge in [-0.25, -0.2) is 0 Å². The predicted octanol–water partition coefficient (Wildman–Crippen LogP) is 3.72. The normalized spacial score (nSPS) is 13.5. The first-order chi connectivity index (χ1) is 11.1. The minimum absolute atomic E-state index is 0.323. The molecule has 1 unspecified atom stereocenters. The standard InChI is InChI=1S/C16H18IN3O3/c1-13(14(2)19-21)18-20(22)11-5-8-15-7-3-4-9-16(15)23-12-6-10-17/h3-5,7,9,11,13,21H,8,12H2,1-2H3/b11-5+,19-14+,20-18?. The lowest BCUT2D eigenvalue weighted by atomic mass is 10.1. The first-order valence-corrected chi connectivity index (χ1v) is 7.98. The fourth-order valence-electron chi connectivity index (χ4n) is 1.60. The third-order valence-corrected chi connectivity index (χ3v) is 3.34. The maximum atomic E-state index is 11.6. The van der Waals surface area contributed by atoms with Crippen molar-refractivity contribution in [2.45, 2.75) is 26.3 Å². The van der Waals surface area contributed by atoms with Crippen LogP contribution in [0.25, 0.3) is 0 Å². The molecule has 0 bridgehead atoms. The molecule has 0 fully saturated rings. The summed E-state index contributed by atoms with van der Waals surface area (Å²) < 4.78 is 8.32. The molecule has 0 saturated heterocycles. The van der Waals surface area contributed by atoms with Crippen molar-refractivity contribution >= 4 is 28.3 Å². The summed E-state index contributed by atoms with van der Waals surface area (Å²) >= 11 is 1.96. The van der Waals surface area contributed by atoms with E-state index < -0.39 is 6.04 Å². The highest BCUT2D eigenvalue weighted by atomic mass is 127. The van der Waals surface area contributed by atoms with Gasteiger partial charge in [-0.05, 0) is 40.6 Å². The molecule has 1 N–H and O–H groups in total. The number of nitrogens with zero attached hydrogens (tertiary/aromatic N) is 3. The Kier molecular flexibility index (Phi) is 8.75. The summed E-state index contributed by atoms with van der Waals surface area (Å²) in [5, 5.41) is 27.1. The highest BCUT2D eigenvalue weighted by Crippen LogP contribution is 2.18. The fourth-order valence-corrected chi connectivity index (χ4v) is 1.76. The lowest BCUT2D eigenvalue weighted by Crippen LogP contribution is -2.12. The van der Waals surface area contributed by atoms with E-state index in [2.05, 4.69) is 20.1 Å². The highest BCUT2D eigenvalue weighted by molar-refractivity contribution is 14.1. The maximum absolute atomic E-state index is 11.6. The molecule has 6 nitrogen and oxygen atoms in total. The van der Waals surface area contributed by atoms with Crippen molar-refractivity contribution in [3.05, 3.63) is 47.3 Å². The molecule has 1 atom stereocenters. The third kappa shape index (κ3) is 7.15. The average molecular weight is 427 g/mol. The molecule has 0 aliphatic carbocycles. The van der Waals surface area contributed by atoms with Gasteiger partial charge >= 0.3 is 0 Å². The van der Waals surface area contributed by atoms with Crippen LogP contribution in [-0.2, 0) is 6.42 Å². The number of benzene rings is 1. The van der Waals surface area contributed by atoms with Crippen molar-refractivity contribution in [2.75, 3.05) is 6.61 Å². The molecule has 7 heteroatoms. The molecule has 0 aromatic heterocycles. The van der Waals surface area contributed by atoms with Crippen LogP contribution >= 0.6 is 22.6 Å². The monoisotopic (exact) mass is 427 g/mol. The van der Waals surface area contributed by atoms with Crippen molar-refractivity contribution in [3.63, 3.8) is 0 Å². The molecular formula is C16H18IN3O3. The summed E-state index contributed by atoms with van der Waals surface area (Å²) in [7, 11) is 0. The van der Waals surface area contributed by atoms with Crippen LogP contribution in [0.5, 0.6) is 5.75 Å². The molecule has 0 radical (unpaired) electrons. The predicted molar refractivity (Wildman–Crippen MR) is 97.0 cm³/mol. The van der Waals surface area contributed by atoms with Gasteiger partial charge in [0.25, 0.3) is 0 Å². The van der Waals surface area contributed by atoms with Crippen molar-refractivity contribution < 1.29 is 14.8 Å². The summed E-state index contributed by atoms with van der Waals surface area (Å²) in [6, 6.07) is 7.09. The van der Waals surface area contributed by atoms with Crippen LogP contribution in [0, 0.1) is 15.1 Å². The summed E-state index contributed by atoms with van der Waals surface area (Å²) in [5.41, 5.74) is 1.32. The first-order valence-electron chi connectivity index (χ1n) is 6.90. The van der Waals surface area contributed by atoms with E-state index in [9.17, 15) is 5.21 Å². The van der Waals surface area contributed by atoms with E-state index in [1.54, 1.807) is 19.9 Å². The van der Waals surface area contributed by atoms with Crippen molar-refractivity contribution in [1.29, 1.82) is 0 Å². The molecule has 0 aliphatic heterocycles. The van der Waals surface area contributed by atoms with Crippen molar-refractivity contribution in [3.8, 4) is 15.6 Å². The van der Waals surface area contributed by atoms with Crippen LogP contribution in [0.1, 0.15) is 19.4 Å². The maximum Gasteiger partial charge on any atom is 0.205 e. The zero-order chi connectivity index (χ0) is 17.1. The summed E-state index contributed by atoms with van der Waals surface area (Å²) in [6.45, 7) is 3.59. The lowest BCUT2D eigenvalue weighted by molar-refractivity contribution is -0.460. The van der Waals surface area contributed by atoms with Gasteiger partial charge < -0.3 is 15.2 Å². The summed E-state index contributed by atoms with van der Waals surface area (Å²) in [5.74, 6) is 3.57. The number of halogens is 1. The second kappa shape index (κ2) is 10.6. The number of oxime groups is 1. The van der Waals surface area contributed by atoms with Crippen LogP contribution in [0.4, 0.5) is 0 Å². The molecular weight excluding hydrogens is 409 g/mol. The number of rotatable bonds is 7. The molecule has 1 aromatic carbocycles. The van der Waals surface area contributed by atoms with Gasteiger partial charge in [-0.3, -0.25) is 0 Å². The van der Waals surface area contributed by atoms with Gasteiger partial charge in [0.15, 0.2) is 6.04 Å². The van der Waals surface area contributed by atoms with Crippen LogP contribution in [0.3, 0.4) is 0 Å². The van der Waals surface area contributed by atoms with Gasteiger partial charge in [0.1, 0.15) is 12.4 Å². The van der Waals surface area contributed by atoms with E-state index in [-0.39, 0.29) is 0 Å². The minimum Gasteiger partial charge on any atom is -0.595 e. The number of allylic oxidation sites excluding steroid dienone is 1. The average Bonchev–Trinajstić information content (AvgIpc) is 2.55. The summed E-state index contributed by atoms with van der Waals surface area (Å²) in [6.07, 6.45) is 3.55. The Morgan fingerprint density at radius 3 is 2.96 bits per heavy atom. The molecule has 0 amide bonds. The number of ether oxygens (including phenoxy) is 1. The zero-order valence-electron chi connectivity index (χ0n) is 12.9. The molecule has 0 saturated carbocycles. The second-order valence-electron chi connectivity index (χ2n) is 4.59. The van der Waals surface area contributed by atoms with E-state index in [0.29, 0.717) is 23.6 Å². The van der Waals surface area contributed by atoms with Gasteiger partial charge in [0.05, 0.1) is 5.71 Å². The number of hydrogen-bond acceptors (Lipinski definition) is 5. The highest BCUT2D eigenvalue weighted by Gasteiger charge is 2.08. The van der Waals surface area contributed by atoms with E-state index in [4.69, 9.17) is 9.94 Å². The van der Waals surface area contributed by atoms with Crippen LogP contribution in [0.2, 0.25) is 0 Å². The number of hydroxylamine groups is 1. The topological polar surface area (TPSA) is 80.2 Å².